The van der Waals surface area contributed by atoms with E-state index in [0.717, 1.165) is 19.6 Å². The van der Waals surface area contributed by atoms with Crippen LogP contribution in [-0.4, -0.2) is 31.2 Å². The Morgan fingerprint density at radius 1 is 1.44 bits per heavy atom. The van der Waals surface area contributed by atoms with Crippen LogP contribution in [0.3, 0.4) is 0 Å². The number of nitrogens with two attached hydrogens (primary N) is 1. The first-order valence-electron chi connectivity index (χ1n) is 6.29. The van der Waals surface area contributed by atoms with E-state index >= 15 is 0 Å². The highest BCUT2D eigenvalue weighted by atomic mass is 16.5. The molecule has 0 spiro atoms. The summed E-state index contributed by atoms with van der Waals surface area (Å²) in [5, 5.41) is 3.04. The van der Waals surface area contributed by atoms with Gasteiger partial charge in [-0.05, 0) is 32.1 Å². The lowest BCUT2D eigenvalue weighted by Crippen LogP contribution is -2.41. The number of ether oxygens (including phenoxy) is 1. The van der Waals surface area contributed by atoms with E-state index in [1.807, 2.05) is 0 Å². The first-order valence-corrected chi connectivity index (χ1v) is 6.29. The largest absolute Gasteiger partial charge is 0.381 e. The van der Waals surface area contributed by atoms with Gasteiger partial charge in [-0.2, -0.15) is 0 Å². The quantitative estimate of drug-likeness (QED) is 0.723. The number of carbonyl (C=O) groups excluding carboxylic acids is 1. The molecule has 0 aromatic carbocycles. The van der Waals surface area contributed by atoms with Gasteiger partial charge in [-0.3, -0.25) is 4.79 Å². The zero-order valence-electron chi connectivity index (χ0n) is 9.95. The minimum Gasteiger partial charge on any atom is -0.381 e. The molecular weight excluding hydrogens is 204 g/mol. The van der Waals surface area contributed by atoms with Crippen molar-refractivity contribution < 1.29 is 9.53 Å². The molecule has 3 unspecified atom stereocenters. The minimum atomic E-state index is 0.0621. The molecule has 92 valence electrons. The van der Waals surface area contributed by atoms with Crippen LogP contribution < -0.4 is 11.1 Å². The molecule has 2 fully saturated rings. The summed E-state index contributed by atoms with van der Waals surface area (Å²) in [4.78, 5) is 11.7. The highest BCUT2D eigenvalue weighted by molar-refractivity contribution is 5.77. The normalized spacial score (nSPS) is 28.8. The van der Waals surface area contributed by atoms with Crippen molar-refractivity contribution in [2.75, 3.05) is 13.2 Å². The molecule has 1 heterocycles. The maximum Gasteiger partial charge on any atom is 0.221 e. The van der Waals surface area contributed by atoms with Gasteiger partial charge in [0, 0.05) is 31.0 Å². The molecule has 1 amide bonds. The number of carbonyl (C=O) groups is 1. The lowest BCUT2D eigenvalue weighted by atomic mass is 10.0. The van der Waals surface area contributed by atoms with Gasteiger partial charge in [-0.15, -0.1) is 0 Å². The van der Waals surface area contributed by atoms with E-state index in [4.69, 9.17) is 10.5 Å². The van der Waals surface area contributed by atoms with Crippen LogP contribution in [0, 0.1) is 11.8 Å². The fourth-order valence-corrected chi connectivity index (χ4v) is 2.28. The second kappa shape index (κ2) is 5.15. The van der Waals surface area contributed by atoms with Crippen LogP contribution in [0.25, 0.3) is 0 Å². The number of amides is 1. The molecule has 0 radical (unpaired) electrons. The molecule has 0 bridgehead atoms. The molecule has 4 heteroatoms. The molecular formula is C12H22N2O2. The molecule has 0 aromatic rings. The lowest BCUT2D eigenvalue weighted by molar-refractivity contribution is -0.122. The van der Waals surface area contributed by atoms with Gasteiger partial charge in [0.15, 0.2) is 0 Å². The smallest absolute Gasteiger partial charge is 0.221 e. The number of nitrogens with one attached hydrogen (secondary N) is 1. The Morgan fingerprint density at radius 2 is 2.19 bits per heavy atom. The standard InChI is InChI=1S/C12H22N2O2/c1-8(10-4-5-16-7-10)14-12(15)6-11(13)9-2-3-9/h8-11H,2-7,13H2,1H3,(H,14,15). The average Bonchev–Trinajstić information content (AvgIpc) is 2.93. The molecule has 2 rings (SSSR count). The number of hydrogen-bond donors (Lipinski definition) is 2. The molecule has 3 atom stereocenters. The predicted octanol–water partition coefficient (Wildman–Crippen LogP) is 0.655. The Balaban J connectivity index is 1.68. The van der Waals surface area contributed by atoms with E-state index in [1.54, 1.807) is 0 Å². The summed E-state index contributed by atoms with van der Waals surface area (Å²) in [6.45, 7) is 3.66. The Bertz CT molecular complexity index is 247. The van der Waals surface area contributed by atoms with Gasteiger partial charge in [0.05, 0.1) is 6.61 Å². The van der Waals surface area contributed by atoms with Crippen molar-refractivity contribution in [2.24, 2.45) is 17.6 Å². The Kier molecular flexibility index (Phi) is 3.82. The monoisotopic (exact) mass is 226 g/mol. The Hall–Kier alpha value is -0.610. The molecule has 1 saturated carbocycles. The highest BCUT2D eigenvalue weighted by Crippen LogP contribution is 2.32. The van der Waals surface area contributed by atoms with Crippen LogP contribution in [-0.2, 0) is 9.53 Å². The van der Waals surface area contributed by atoms with Crippen LogP contribution in [0.1, 0.15) is 32.6 Å². The van der Waals surface area contributed by atoms with Gasteiger partial charge in [0.25, 0.3) is 0 Å². The summed E-state index contributed by atoms with van der Waals surface area (Å²) < 4.78 is 5.31. The number of hydrogen-bond acceptors (Lipinski definition) is 3. The molecule has 1 aliphatic carbocycles. The van der Waals surface area contributed by atoms with Crippen LogP contribution in [0.5, 0.6) is 0 Å². The molecule has 0 aromatic heterocycles. The third kappa shape index (κ3) is 3.19. The summed E-state index contributed by atoms with van der Waals surface area (Å²) in [6, 6.07) is 0.272. The summed E-state index contributed by atoms with van der Waals surface area (Å²) >= 11 is 0. The van der Waals surface area contributed by atoms with Crippen molar-refractivity contribution >= 4 is 5.91 Å². The second-order valence-corrected chi connectivity index (χ2v) is 5.19. The topological polar surface area (TPSA) is 64.4 Å². The summed E-state index contributed by atoms with van der Waals surface area (Å²) in [5.74, 6) is 1.16. The summed E-state index contributed by atoms with van der Waals surface area (Å²) in [6.07, 6.45) is 3.92. The van der Waals surface area contributed by atoms with E-state index in [2.05, 4.69) is 12.2 Å². The first kappa shape index (κ1) is 11.9. The van der Waals surface area contributed by atoms with Crippen LogP contribution in [0.2, 0.25) is 0 Å². The van der Waals surface area contributed by atoms with E-state index in [1.165, 1.54) is 12.8 Å². The summed E-state index contributed by atoms with van der Waals surface area (Å²) in [5.41, 5.74) is 5.92. The van der Waals surface area contributed by atoms with E-state index in [-0.39, 0.29) is 18.0 Å². The lowest BCUT2D eigenvalue weighted by Gasteiger charge is -2.20. The molecule has 3 N–H and O–H groups in total. The molecule has 4 nitrogen and oxygen atoms in total. The molecule has 2 aliphatic rings. The zero-order chi connectivity index (χ0) is 11.5. The fourth-order valence-electron chi connectivity index (χ4n) is 2.28. The van der Waals surface area contributed by atoms with Gasteiger partial charge in [-0.1, -0.05) is 0 Å². The Morgan fingerprint density at radius 3 is 2.75 bits per heavy atom. The van der Waals surface area contributed by atoms with Gasteiger partial charge in [0.2, 0.25) is 5.91 Å². The van der Waals surface area contributed by atoms with Crippen molar-refractivity contribution in [3.8, 4) is 0 Å². The average molecular weight is 226 g/mol. The second-order valence-electron chi connectivity index (χ2n) is 5.19. The molecule has 1 aliphatic heterocycles. The maximum atomic E-state index is 11.7. The van der Waals surface area contributed by atoms with Gasteiger partial charge in [0.1, 0.15) is 0 Å². The van der Waals surface area contributed by atoms with Crippen molar-refractivity contribution in [1.29, 1.82) is 0 Å². The SMILES string of the molecule is CC(NC(=O)CC(N)C1CC1)C1CCOC1. The third-order valence-electron chi connectivity index (χ3n) is 3.71. The van der Waals surface area contributed by atoms with Crippen molar-refractivity contribution in [3.05, 3.63) is 0 Å². The summed E-state index contributed by atoms with van der Waals surface area (Å²) in [7, 11) is 0. The zero-order valence-corrected chi connectivity index (χ0v) is 9.95. The number of rotatable bonds is 5. The van der Waals surface area contributed by atoms with Gasteiger partial charge < -0.3 is 15.8 Å². The van der Waals surface area contributed by atoms with E-state index < -0.39 is 0 Å². The minimum absolute atomic E-state index is 0.0621. The molecule has 16 heavy (non-hydrogen) atoms. The van der Waals surface area contributed by atoms with Crippen LogP contribution in [0.15, 0.2) is 0 Å². The molecule has 1 saturated heterocycles. The van der Waals surface area contributed by atoms with Crippen molar-refractivity contribution in [3.63, 3.8) is 0 Å². The predicted molar refractivity (Wildman–Crippen MR) is 61.8 cm³/mol. The first-order chi connectivity index (χ1) is 7.66. The van der Waals surface area contributed by atoms with Gasteiger partial charge in [-0.25, -0.2) is 0 Å². The van der Waals surface area contributed by atoms with Gasteiger partial charge >= 0.3 is 0 Å². The van der Waals surface area contributed by atoms with Crippen LogP contribution in [0.4, 0.5) is 0 Å². The van der Waals surface area contributed by atoms with Crippen molar-refractivity contribution in [1.82, 2.24) is 5.32 Å². The van der Waals surface area contributed by atoms with E-state index in [0.29, 0.717) is 18.3 Å². The van der Waals surface area contributed by atoms with E-state index in [9.17, 15) is 4.79 Å². The fraction of sp³-hybridized carbons (Fsp3) is 0.917. The van der Waals surface area contributed by atoms with Crippen LogP contribution >= 0.6 is 0 Å². The Labute approximate surface area is 96.9 Å². The maximum absolute atomic E-state index is 11.7. The highest BCUT2D eigenvalue weighted by Gasteiger charge is 2.30. The third-order valence-corrected chi connectivity index (χ3v) is 3.71. The van der Waals surface area contributed by atoms with Crippen molar-refractivity contribution in [2.45, 2.75) is 44.7 Å².